The Balaban J connectivity index is 2.42. The van der Waals surface area contributed by atoms with Gasteiger partial charge in [0.25, 0.3) is 0 Å². The summed E-state index contributed by atoms with van der Waals surface area (Å²) in [5, 5.41) is 0. The molecule has 0 spiro atoms. The van der Waals surface area contributed by atoms with Crippen molar-refractivity contribution in [2.24, 2.45) is 0 Å². The van der Waals surface area contributed by atoms with Crippen LogP contribution in [0.5, 0.6) is 5.75 Å². The van der Waals surface area contributed by atoms with Crippen molar-refractivity contribution in [2.45, 2.75) is 13.8 Å². The van der Waals surface area contributed by atoms with Crippen molar-refractivity contribution < 1.29 is 4.74 Å². The SMILES string of the molecule is COc1ccc(-c2ncc(C)[nH]2)cc1C. The Morgan fingerprint density at radius 1 is 1.27 bits per heavy atom. The summed E-state index contributed by atoms with van der Waals surface area (Å²) in [6.07, 6.45) is 1.83. The molecule has 0 aliphatic carbocycles. The second-order valence-electron chi connectivity index (χ2n) is 3.60. The molecule has 3 nitrogen and oxygen atoms in total. The molecule has 0 saturated heterocycles. The maximum Gasteiger partial charge on any atom is 0.137 e. The van der Waals surface area contributed by atoms with Gasteiger partial charge >= 0.3 is 0 Å². The molecule has 0 aliphatic heterocycles. The molecule has 1 aromatic carbocycles. The molecule has 1 heterocycles. The van der Waals surface area contributed by atoms with Crippen LogP contribution in [0.1, 0.15) is 11.3 Å². The number of imidazole rings is 1. The molecule has 0 saturated carbocycles. The van der Waals surface area contributed by atoms with Crippen LogP contribution in [0.25, 0.3) is 11.4 Å². The predicted molar refractivity (Wildman–Crippen MR) is 60.0 cm³/mol. The molecule has 2 aromatic rings. The zero-order chi connectivity index (χ0) is 10.8. The predicted octanol–water partition coefficient (Wildman–Crippen LogP) is 2.70. The Morgan fingerprint density at radius 3 is 2.60 bits per heavy atom. The molecule has 1 N–H and O–H groups in total. The monoisotopic (exact) mass is 202 g/mol. The van der Waals surface area contributed by atoms with Gasteiger partial charge in [0.05, 0.1) is 7.11 Å². The zero-order valence-electron chi connectivity index (χ0n) is 9.16. The van der Waals surface area contributed by atoms with Gasteiger partial charge < -0.3 is 9.72 Å². The lowest BCUT2D eigenvalue weighted by Crippen LogP contribution is -1.88. The first-order valence-electron chi connectivity index (χ1n) is 4.87. The highest BCUT2D eigenvalue weighted by Gasteiger charge is 2.04. The van der Waals surface area contributed by atoms with E-state index in [1.165, 1.54) is 0 Å². The summed E-state index contributed by atoms with van der Waals surface area (Å²) in [4.78, 5) is 7.49. The van der Waals surface area contributed by atoms with Gasteiger partial charge in [-0.25, -0.2) is 4.98 Å². The first kappa shape index (κ1) is 9.77. The Hall–Kier alpha value is -1.77. The van der Waals surface area contributed by atoms with E-state index < -0.39 is 0 Å². The molecule has 0 unspecified atom stereocenters. The molecular formula is C12H14N2O. The van der Waals surface area contributed by atoms with Gasteiger partial charge in [0, 0.05) is 17.5 Å². The molecule has 0 fully saturated rings. The van der Waals surface area contributed by atoms with Gasteiger partial charge in [-0.1, -0.05) is 0 Å². The smallest absolute Gasteiger partial charge is 0.137 e. The van der Waals surface area contributed by atoms with Crippen LogP contribution in [0.15, 0.2) is 24.4 Å². The third-order valence-electron chi connectivity index (χ3n) is 2.37. The Kier molecular flexibility index (Phi) is 2.46. The fourth-order valence-corrected chi connectivity index (χ4v) is 1.59. The van der Waals surface area contributed by atoms with E-state index in [1.807, 2.05) is 32.2 Å². The van der Waals surface area contributed by atoms with Gasteiger partial charge in [0.2, 0.25) is 0 Å². The maximum atomic E-state index is 5.21. The first-order valence-corrected chi connectivity index (χ1v) is 4.87. The van der Waals surface area contributed by atoms with Crippen molar-refractivity contribution in [3.05, 3.63) is 35.7 Å². The quantitative estimate of drug-likeness (QED) is 0.813. The maximum absolute atomic E-state index is 5.21. The highest BCUT2D eigenvalue weighted by molar-refractivity contribution is 5.58. The van der Waals surface area contributed by atoms with Gasteiger partial charge in [-0.05, 0) is 37.6 Å². The van der Waals surface area contributed by atoms with E-state index in [-0.39, 0.29) is 0 Å². The number of hydrogen-bond acceptors (Lipinski definition) is 2. The van der Waals surface area contributed by atoms with Crippen molar-refractivity contribution in [1.29, 1.82) is 0 Å². The van der Waals surface area contributed by atoms with Crippen molar-refractivity contribution in [2.75, 3.05) is 7.11 Å². The summed E-state index contributed by atoms with van der Waals surface area (Å²) in [6, 6.07) is 6.03. The minimum atomic E-state index is 0.901. The molecule has 0 radical (unpaired) electrons. The van der Waals surface area contributed by atoms with E-state index in [0.717, 1.165) is 28.4 Å². The molecule has 15 heavy (non-hydrogen) atoms. The standard InChI is InChI=1S/C12H14N2O/c1-8-6-10(4-5-11(8)15-3)12-13-7-9(2)14-12/h4-7H,1-3H3,(H,13,14). The topological polar surface area (TPSA) is 37.9 Å². The van der Waals surface area contributed by atoms with Gasteiger partial charge in [-0.3, -0.25) is 0 Å². The molecule has 78 valence electrons. The Labute approximate surface area is 89.1 Å². The van der Waals surface area contributed by atoms with Crippen molar-refractivity contribution in [3.8, 4) is 17.1 Å². The van der Waals surface area contributed by atoms with Gasteiger partial charge in [-0.15, -0.1) is 0 Å². The van der Waals surface area contributed by atoms with Crippen LogP contribution >= 0.6 is 0 Å². The number of rotatable bonds is 2. The lowest BCUT2D eigenvalue weighted by molar-refractivity contribution is 0.412. The number of aromatic nitrogens is 2. The highest BCUT2D eigenvalue weighted by atomic mass is 16.5. The van der Waals surface area contributed by atoms with Crippen LogP contribution < -0.4 is 4.74 Å². The Bertz CT molecular complexity index is 474. The fourth-order valence-electron chi connectivity index (χ4n) is 1.59. The summed E-state index contributed by atoms with van der Waals surface area (Å²) in [7, 11) is 1.68. The van der Waals surface area contributed by atoms with Gasteiger partial charge in [0.1, 0.15) is 11.6 Å². The van der Waals surface area contributed by atoms with Gasteiger partial charge in [0.15, 0.2) is 0 Å². The number of H-pyrrole nitrogens is 1. The van der Waals surface area contributed by atoms with E-state index >= 15 is 0 Å². The van der Waals surface area contributed by atoms with Crippen LogP contribution in [0, 0.1) is 13.8 Å². The normalized spacial score (nSPS) is 10.3. The molecule has 0 atom stereocenters. The number of hydrogen-bond donors (Lipinski definition) is 1. The van der Waals surface area contributed by atoms with E-state index in [1.54, 1.807) is 7.11 Å². The third kappa shape index (κ3) is 1.86. The molecule has 1 aromatic heterocycles. The summed E-state index contributed by atoms with van der Waals surface area (Å²) >= 11 is 0. The van der Waals surface area contributed by atoms with Gasteiger partial charge in [-0.2, -0.15) is 0 Å². The zero-order valence-corrected chi connectivity index (χ0v) is 9.16. The molecule has 3 heteroatoms. The minimum Gasteiger partial charge on any atom is -0.496 e. The second-order valence-corrected chi connectivity index (χ2v) is 3.60. The molecule has 2 rings (SSSR count). The van der Waals surface area contributed by atoms with Crippen molar-refractivity contribution in [1.82, 2.24) is 9.97 Å². The number of benzene rings is 1. The van der Waals surface area contributed by atoms with Crippen LogP contribution in [0.3, 0.4) is 0 Å². The number of aromatic amines is 1. The summed E-state index contributed by atoms with van der Waals surface area (Å²) in [6.45, 7) is 4.02. The van der Waals surface area contributed by atoms with Crippen LogP contribution in [-0.4, -0.2) is 17.1 Å². The number of methoxy groups -OCH3 is 1. The lowest BCUT2D eigenvalue weighted by atomic mass is 10.1. The molecule has 0 amide bonds. The highest BCUT2D eigenvalue weighted by Crippen LogP contribution is 2.23. The van der Waals surface area contributed by atoms with Crippen LogP contribution in [0.4, 0.5) is 0 Å². The molecule has 0 bridgehead atoms. The van der Waals surface area contributed by atoms with Crippen LogP contribution in [0.2, 0.25) is 0 Å². The fraction of sp³-hybridized carbons (Fsp3) is 0.250. The second kappa shape index (κ2) is 3.77. The number of ether oxygens (including phenoxy) is 1. The molecular weight excluding hydrogens is 188 g/mol. The average Bonchev–Trinajstić information content (AvgIpc) is 2.65. The van der Waals surface area contributed by atoms with Crippen molar-refractivity contribution >= 4 is 0 Å². The Morgan fingerprint density at radius 2 is 2.07 bits per heavy atom. The van der Waals surface area contributed by atoms with Crippen molar-refractivity contribution in [3.63, 3.8) is 0 Å². The molecule has 0 aliphatic rings. The van der Waals surface area contributed by atoms with E-state index in [4.69, 9.17) is 4.74 Å². The summed E-state index contributed by atoms with van der Waals surface area (Å²) < 4.78 is 5.21. The lowest BCUT2D eigenvalue weighted by Gasteiger charge is -2.05. The van der Waals surface area contributed by atoms with E-state index in [2.05, 4.69) is 16.0 Å². The first-order chi connectivity index (χ1) is 7.20. The number of aryl methyl sites for hydroxylation is 2. The van der Waals surface area contributed by atoms with E-state index in [0.29, 0.717) is 0 Å². The third-order valence-corrected chi connectivity index (χ3v) is 2.37. The largest absolute Gasteiger partial charge is 0.496 e. The number of nitrogens with zero attached hydrogens (tertiary/aromatic N) is 1. The van der Waals surface area contributed by atoms with E-state index in [9.17, 15) is 0 Å². The minimum absolute atomic E-state index is 0.901. The number of nitrogens with one attached hydrogen (secondary N) is 1. The summed E-state index contributed by atoms with van der Waals surface area (Å²) in [5.41, 5.74) is 3.27. The average molecular weight is 202 g/mol. The van der Waals surface area contributed by atoms with Crippen LogP contribution in [-0.2, 0) is 0 Å². The summed E-state index contributed by atoms with van der Waals surface area (Å²) in [5.74, 6) is 1.81.